The lowest BCUT2D eigenvalue weighted by Gasteiger charge is -2.10. The largest absolute Gasteiger partial charge is 0.479 e. The van der Waals surface area contributed by atoms with Gasteiger partial charge in [-0.1, -0.05) is 43.7 Å². The number of aromatic nitrogens is 4. The van der Waals surface area contributed by atoms with Gasteiger partial charge in [0.05, 0.1) is 11.5 Å². The maximum absolute atomic E-state index is 13.7. The number of nitrogens with one attached hydrogen (secondary N) is 1. The summed E-state index contributed by atoms with van der Waals surface area (Å²) in [6.45, 7) is 2.33. The van der Waals surface area contributed by atoms with Crippen LogP contribution in [0.4, 0.5) is 10.1 Å². The van der Waals surface area contributed by atoms with Crippen LogP contribution in [0.1, 0.15) is 31.2 Å². The van der Waals surface area contributed by atoms with Crippen LogP contribution in [0.15, 0.2) is 58.1 Å². The monoisotopic (exact) mass is 467 g/mol. The zero-order valence-electron chi connectivity index (χ0n) is 18.4. The highest BCUT2D eigenvalue weighted by Crippen LogP contribution is 2.28. The Morgan fingerprint density at radius 3 is 2.62 bits per heavy atom. The van der Waals surface area contributed by atoms with Crippen LogP contribution in [-0.2, 0) is 19.7 Å². The number of hydrogen-bond acceptors (Lipinski definition) is 6. The van der Waals surface area contributed by atoms with E-state index in [0.717, 1.165) is 36.6 Å². The number of benzene rings is 2. The van der Waals surface area contributed by atoms with Crippen LogP contribution in [0, 0.1) is 15.9 Å². The fourth-order valence-corrected chi connectivity index (χ4v) is 3.69. The summed E-state index contributed by atoms with van der Waals surface area (Å²) in [7, 11) is 0. The van der Waals surface area contributed by atoms with Gasteiger partial charge in [0, 0.05) is 18.7 Å². The van der Waals surface area contributed by atoms with Gasteiger partial charge in [0.15, 0.2) is 16.9 Å². The van der Waals surface area contributed by atoms with E-state index in [1.807, 2.05) is 37.3 Å². The van der Waals surface area contributed by atoms with Crippen molar-refractivity contribution in [3.8, 4) is 5.75 Å². The number of fused-ring (bicyclic) bond motifs is 1. The maximum Gasteiger partial charge on any atom is 0.330 e. The van der Waals surface area contributed by atoms with E-state index in [1.54, 1.807) is 4.57 Å². The Balaban J connectivity index is 1.80. The lowest BCUT2D eigenvalue weighted by Crippen LogP contribution is -2.31. The molecule has 2 aromatic carbocycles. The Bertz CT molecular complexity index is 1460. The molecule has 0 aliphatic rings. The lowest BCUT2D eigenvalue weighted by atomic mass is 10.2. The van der Waals surface area contributed by atoms with Gasteiger partial charge >= 0.3 is 11.4 Å². The van der Waals surface area contributed by atoms with E-state index in [-0.39, 0.29) is 30.1 Å². The Kier molecular flexibility index (Phi) is 6.53. The van der Waals surface area contributed by atoms with Gasteiger partial charge < -0.3 is 9.30 Å². The van der Waals surface area contributed by atoms with Crippen molar-refractivity contribution in [1.82, 2.24) is 19.1 Å². The molecule has 0 fully saturated rings. The number of nitro benzene ring substituents is 1. The molecule has 4 rings (SSSR count). The number of rotatable bonds is 9. The average Bonchev–Trinajstić information content (AvgIpc) is 3.18. The molecular weight excluding hydrogens is 445 g/mol. The number of imidazole rings is 1. The van der Waals surface area contributed by atoms with Crippen molar-refractivity contribution in [2.75, 3.05) is 0 Å². The van der Waals surface area contributed by atoms with E-state index < -0.39 is 27.7 Å². The van der Waals surface area contributed by atoms with Crippen molar-refractivity contribution in [1.29, 1.82) is 0 Å². The smallest absolute Gasteiger partial charge is 0.330 e. The Morgan fingerprint density at radius 2 is 1.91 bits per heavy atom. The molecule has 2 aromatic heterocycles. The van der Waals surface area contributed by atoms with Crippen LogP contribution in [0.3, 0.4) is 0 Å². The first-order valence-electron chi connectivity index (χ1n) is 10.7. The number of H-pyrrole nitrogens is 1. The molecule has 0 spiro atoms. The van der Waals surface area contributed by atoms with Gasteiger partial charge in [0.25, 0.3) is 5.56 Å². The highest BCUT2D eigenvalue weighted by molar-refractivity contribution is 5.71. The Morgan fingerprint density at radius 1 is 1.15 bits per heavy atom. The van der Waals surface area contributed by atoms with Gasteiger partial charge in [0.1, 0.15) is 18.2 Å². The molecular formula is C23H22FN5O5. The van der Waals surface area contributed by atoms with Crippen LogP contribution < -0.4 is 16.0 Å². The van der Waals surface area contributed by atoms with Crippen molar-refractivity contribution in [3.63, 3.8) is 0 Å². The number of aryl methyl sites for hydroxylation is 1. The Hall–Kier alpha value is -4.28. The van der Waals surface area contributed by atoms with E-state index in [2.05, 4.69) is 9.97 Å². The number of halogens is 1. The van der Waals surface area contributed by atoms with Crippen molar-refractivity contribution in [2.24, 2.45) is 0 Å². The van der Waals surface area contributed by atoms with E-state index in [1.165, 1.54) is 4.57 Å². The third kappa shape index (κ3) is 4.58. The van der Waals surface area contributed by atoms with E-state index in [9.17, 15) is 24.1 Å². The molecule has 0 amide bonds. The molecule has 0 bridgehead atoms. The summed E-state index contributed by atoms with van der Waals surface area (Å²) >= 11 is 0. The molecule has 0 saturated heterocycles. The molecule has 176 valence electrons. The predicted octanol–water partition coefficient (Wildman–Crippen LogP) is 3.36. The minimum absolute atomic E-state index is 0.182. The summed E-state index contributed by atoms with van der Waals surface area (Å²) < 4.78 is 22.3. The number of aromatic amines is 1. The first kappa shape index (κ1) is 22.9. The molecule has 0 aliphatic heterocycles. The molecule has 34 heavy (non-hydrogen) atoms. The number of nitro groups is 1. The minimum Gasteiger partial charge on any atom is -0.479 e. The highest BCUT2D eigenvalue weighted by atomic mass is 19.1. The number of ether oxygens (including phenoxy) is 1. The van der Waals surface area contributed by atoms with Crippen LogP contribution in [0.25, 0.3) is 11.2 Å². The van der Waals surface area contributed by atoms with Gasteiger partial charge in [-0.15, -0.1) is 0 Å². The maximum atomic E-state index is 13.7. The number of nitrogens with zero attached hydrogens (tertiary/aromatic N) is 4. The quantitative estimate of drug-likeness (QED) is 0.297. The zero-order chi connectivity index (χ0) is 24.2. The average molecular weight is 467 g/mol. The first-order valence-corrected chi connectivity index (χ1v) is 10.7. The molecule has 2 heterocycles. The van der Waals surface area contributed by atoms with Gasteiger partial charge in [0.2, 0.25) is 0 Å². The van der Waals surface area contributed by atoms with Crippen LogP contribution in [-0.4, -0.2) is 24.0 Å². The molecule has 10 nitrogen and oxygen atoms in total. The third-order valence-corrected chi connectivity index (χ3v) is 5.36. The summed E-state index contributed by atoms with van der Waals surface area (Å²) in [5.41, 5.74) is -0.353. The standard InChI is InChI=1S/C23H22FN5O5/c1-2-3-11-27-19(14-34-18-12-16(24)9-10-17(18)29(32)33)25-21-20(27)22(30)26-23(31)28(21)13-15-7-5-4-6-8-15/h4-10,12H,2-3,11,13-14H2,1H3,(H,26,30,31). The van der Waals surface area contributed by atoms with Gasteiger partial charge in [-0.2, -0.15) is 0 Å². The summed E-state index contributed by atoms with van der Waals surface area (Å²) in [6, 6.07) is 12.2. The normalized spacial score (nSPS) is 11.1. The topological polar surface area (TPSA) is 125 Å². The van der Waals surface area contributed by atoms with Gasteiger partial charge in [-0.3, -0.25) is 24.5 Å². The minimum atomic E-state index is -0.687. The van der Waals surface area contributed by atoms with Crippen molar-refractivity contribution >= 4 is 16.9 Å². The second kappa shape index (κ2) is 9.69. The lowest BCUT2D eigenvalue weighted by molar-refractivity contribution is -0.386. The second-order valence-corrected chi connectivity index (χ2v) is 7.69. The summed E-state index contributed by atoms with van der Waals surface area (Å²) in [5.74, 6) is -0.650. The number of unbranched alkanes of at least 4 members (excludes halogenated alkanes) is 1. The summed E-state index contributed by atoms with van der Waals surface area (Å²) in [4.78, 5) is 42.9. The summed E-state index contributed by atoms with van der Waals surface area (Å²) in [5, 5.41) is 11.3. The second-order valence-electron chi connectivity index (χ2n) is 7.69. The SMILES string of the molecule is CCCCn1c(COc2cc(F)ccc2[N+](=O)[O-])nc2c1c(=O)[nH]c(=O)n2Cc1ccccc1. The van der Waals surface area contributed by atoms with Gasteiger partial charge in [-0.05, 0) is 18.1 Å². The molecule has 0 unspecified atom stereocenters. The van der Waals surface area contributed by atoms with E-state index in [4.69, 9.17) is 4.74 Å². The van der Waals surface area contributed by atoms with Crippen molar-refractivity contribution < 1.29 is 14.1 Å². The van der Waals surface area contributed by atoms with Crippen molar-refractivity contribution in [3.05, 3.63) is 96.7 Å². The van der Waals surface area contributed by atoms with Crippen LogP contribution >= 0.6 is 0 Å². The number of hydrogen-bond donors (Lipinski definition) is 1. The Labute approximate surface area is 192 Å². The summed E-state index contributed by atoms with van der Waals surface area (Å²) in [6.07, 6.45) is 1.55. The molecule has 11 heteroatoms. The fraction of sp³-hybridized carbons (Fsp3) is 0.261. The molecule has 0 radical (unpaired) electrons. The van der Waals surface area contributed by atoms with Crippen LogP contribution in [0.5, 0.6) is 5.75 Å². The zero-order valence-corrected chi connectivity index (χ0v) is 18.4. The first-order chi connectivity index (χ1) is 16.4. The molecule has 4 aromatic rings. The molecule has 0 saturated carbocycles. The molecule has 0 aliphatic carbocycles. The highest BCUT2D eigenvalue weighted by Gasteiger charge is 2.21. The molecule has 1 N–H and O–H groups in total. The molecule has 0 atom stereocenters. The van der Waals surface area contributed by atoms with Gasteiger partial charge in [-0.25, -0.2) is 14.2 Å². The van der Waals surface area contributed by atoms with Crippen molar-refractivity contribution in [2.45, 2.75) is 39.5 Å². The fourth-order valence-electron chi connectivity index (χ4n) is 3.69. The van der Waals surface area contributed by atoms with E-state index >= 15 is 0 Å². The predicted molar refractivity (Wildman–Crippen MR) is 122 cm³/mol. The van der Waals surface area contributed by atoms with Crippen LogP contribution in [0.2, 0.25) is 0 Å². The van der Waals surface area contributed by atoms with E-state index in [0.29, 0.717) is 12.4 Å². The third-order valence-electron chi connectivity index (χ3n) is 5.36.